The largest absolute Gasteiger partial charge is 0.444 e. The van der Waals surface area contributed by atoms with Crippen LogP contribution in [-0.2, 0) is 20.7 Å². The van der Waals surface area contributed by atoms with E-state index in [1.807, 2.05) is 39.0 Å². The van der Waals surface area contributed by atoms with Crippen molar-refractivity contribution in [1.29, 1.82) is 0 Å². The first-order valence-electron chi connectivity index (χ1n) is 9.35. The Hall–Kier alpha value is -1.95. The standard InChI is InChI=1S/C20H28N2O4/c1-20(2,3)26-19(24)22-16-10-14(11-17(22)13-25-12-16)18(23)8-7-15-6-4-5-9-21-15/h4-6,9,14,16-17H,7-8,10-13H2,1-3H3. The first-order chi connectivity index (χ1) is 12.3. The number of aryl methyl sites for hydroxylation is 1. The highest BCUT2D eigenvalue weighted by Crippen LogP contribution is 2.34. The topological polar surface area (TPSA) is 68.7 Å². The van der Waals surface area contributed by atoms with Crippen molar-refractivity contribution >= 4 is 11.9 Å². The summed E-state index contributed by atoms with van der Waals surface area (Å²) in [6.07, 6.45) is 3.91. The van der Waals surface area contributed by atoms with Gasteiger partial charge in [-0.2, -0.15) is 0 Å². The van der Waals surface area contributed by atoms with E-state index in [0.717, 1.165) is 5.69 Å². The summed E-state index contributed by atoms with van der Waals surface area (Å²) < 4.78 is 11.2. The molecule has 2 bridgehead atoms. The van der Waals surface area contributed by atoms with Crippen LogP contribution in [0.2, 0.25) is 0 Å². The fourth-order valence-corrected chi connectivity index (χ4v) is 3.79. The first-order valence-corrected chi connectivity index (χ1v) is 9.35. The number of Topliss-reactive ketones (excluding diaryl/α,β-unsaturated/α-hetero) is 1. The molecule has 2 aliphatic heterocycles. The van der Waals surface area contributed by atoms with Crippen LogP contribution >= 0.6 is 0 Å². The number of hydrogen-bond donors (Lipinski definition) is 0. The predicted octanol–water partition coefficient (Wildman–Crippen LogP) is 3.00. The van der Waals surface area contributed by atoms with Crippen molar-refractivity contribution in [3.05, 3.63) is 30.1 Å². The third kappa shape index (κ3) is 4.61. The van der Waals surface area contributed by atoms with Crippen LogP contribution in [0.3, 0.4) is 0 Å². The molecule has 0 aliphatic carbocycles. The molecule has 1 aromatic heterocycles. The van der Waals surface area contributed by atoms with E-state index in [1.54, 1.807) is 11.1 Å². The summed E-state index contributed by atoms with van der Waals surface area (Å²) in [5.41, 5.74) is 0.414. The van der Waals surface area contributed by atoms with Gasteiger partial charge in [0.25, 0.3) is 0 Å². The van der Waals surface area contributed by atoms with Gasteiger partial charge >= 0.3 is 6.09 Å². The number of carbonyl (C=O) groups excluding carboxylic acids is 2. The van der Waals surface area contributed by atoms with Crippen molar-refractivity contribution in [3.8, 4) is 0 Å². The highest BCUT2D eigenvalue weighted by Gasteiger charge is 2.44. The van der Waals surface area contributed by atoms with Crippen molar-refractivity contribution in [2.45, 2.75) is 64.1 Å². The Morgan fingerprint density at radius 2 is 1.92 bits per heavy atom. The molecular formula is C20H28N2O4. The molecule has 2 atom stereocenters. The lowest BCUT2D eigenvalue weighted by atomic mass is 9.81. The molecule has 1 amide bonds. The highest BCUT2D eigenvalue weighted by molar-refractivity contribution is 5.82. The Kier molecular flexibility index (Phi) is 5.61. The molecule has 2 unspecified atom stereocenters. The number of aromatic nitrogens is 1. The van der Waals surface area contributed by atoms with Gasteiger partial charge in [-0.05, 0) is 52.2 Å². The fraction of sp³-hybridized carbons (Fsp3) is 0.650. The zero-order valence-electron chi connectivity index (χ0n) is 15.8. The number of carbonyl (C=O) groups is 2. The molecule has 3 rings (SSSR count). The normalized spacial score (nSPS) is 25.7. The molecule has 3 heterocycles. The second-order valence-electron chi connectivity index (χ2n) is 8.19. The number of ether oxygens (including phenoxy) is 2. The van der Waals surface area contributed by atoms with E-state index < -0.39 is 5.60 Å². The van der Waals surface area contributed by atoms with Gasteiger partial charge in [-0.1, -0.05) is 6.07 Å². The molecule has 6 nitrogen and oxygen atoms in total. The number of ketones is 1. The zero-order valence-corrected chi connectivity index (χ0v) is 15.8. The van der Waals surface area contributed by atoms with E-state index in [-0.39, 0.29) is 29.9 Å². The quantitative estimate of drug-likeness (QED) is 0.826. The van der Waals surface area contributed by atoms with Crippen LogP contribution in [0.4, 0.5) is 4.79 Å². The SMILES string of the molecule is CC(C)(C)OC(=O)N1C2COCC1CC(C(=O)CCc1ccccn1)C2. The molecule has 2 aliphatic rings. The lowest BCUT2D eigenvalue weighted by Crippen LogP contribution is -2.60. The lowest BCUT2D eigenvalue weighted by molar-refractivity contribution is -0.132. The molecule has 0 spiro atoms. The summed E-state index contributed by atoms with van der Waals surface area (Å²) in [4.78, 5) is 31.4. The average molecular weight is 360 g/mol. The summed E-state index contributed by atoms with van der Waals surface area (Å²) in [6, 6.07) is 5.59. The summed E-state index contributed by atoms with van der Waals surface area (Å²) >= 11 is 0. The van der Waals surface area contributed by atoms with Crippen LogP contribution in [-0.4, -0.2) is 52.7 Å². The molecule has 142 valence electrons. The minimum atomic E-state index is -0.526. The van der Waals surface area contributed by atoms with E-state index in [9.17, 15) is 9.59 Å². The van der Waals surface area contributed by atoms with E-state index in [1.165, 1.54) is 0 Å². The van der Waals surface area contributed by atoms with Crippen LogP contribution in [0.25, 0.3) is 0 Å². The summed E-state index contributed by atoms with van der Waals surface area (Å²) in [5, 5.41) is 0. The minimum Gasteiger partial charge on any atom is -0.444 e. The third-order valence-electron chi connectivity index (χ3n) is 4.93. The average Bonchev–Trinajstić information content (AvgIpc) is 2.58. The van der Waals surface area contributed by atoms with Gasteiger partial charge in [-0.25, -0.2) is 4.79 Å². The van der Waals surface area contributed by atoms with Gasteiger partial charge in [-0.15, -0.1) is 0 Å². The van der Waals surface area contributed by atoms with Gasteiger partial charge in [0.2, 0.25) is 0 Å². The minimum absolute atomic E-state index is 0.0173. The fourth-order valence-electron chi connectivity index (χ4n) is 3.79. The van der Waals surface area contributed by atoms with Crippen molar-refractivity contribution < 1.29 is 19.1 Å². The smallest absolute Gasteiger partial charge is 0.410 e. The molecular weight excluding hydrogens is 332 g/mol. The molecule has 1 aromatic rings. The Bertz CT molecular complexity index is 627. The maximum atomic E-state index is 12.7. The van der Waals surface area contributed by atoms with E-state index >= 15 is 0 Å². The summed E-state index contributed by atoms with van der Waals surface area (Å²) in [7, 11) is 0. The Labute approximate surface area is 154 Å². The summed E-state index contributed by atoms with van der Waals surface area (Å²) in [5.74, 6) is 0.243. The Morgan fingerprint density at radius 3 is 2.50 bits per heavy atom. The molecule has 2 saturated heterocycles. The Morgan fingerprint density at radius 1 is 1.23 bits per heavy atom. The maximum Gasteiger partial charge on any atom is 0.410 e. The van der Waals surface area contributed by atoms with E-state index in [0.29, 0.717) is 38.9 Å². The number of nitrogens with zero attached hydrogens (tertiary/aromatic N) is 2. The molecule has 0 aromatic carbocycles. The maximum absolute atomic E-state index is 12.7. The zero-order chi connectivity index (χ0) is 18.7. The van der Waals surface area contributed by atoms with Gasteiger partial charge in [0.05, 0.1) is 25.3 Å². The molecule has 0 radical (unpaired) electrons. The van der Waals surface area contributed by atoms with Gasteiger partial charge in [-0.3, -0.25) is 14.7 Å². The Balaban J connectivity index is 1.60. The van der Waals surface area contributed by atoms with Crippen LogP contribution in [0.15, 0.2) is 24.4 Å². The van der Waals surface area contributed by atoms with Crippen molar-refractivity contribution in [1.82, 2.24) is 9.88 Å². The number of piperidine rings is 1. The molecule has 6 heteroatoms. The van der Waals surface area contributed by atoms with Crippen LogP contribution in [0.5, 0.6) is 0 Å². The first kappa shape index (κ1) is 18.8. The van der Waals surface area contributed by atoms with Gasteiger partial charge in [0, 0.05) is 24.2 Å². The van der Waals surface area contributed by atoms with E-state index in [4.69, 9.17) is 9.47 Å². The van der Waals surface area contributed by atoms with Gasteiger partial charge < -0.3 is 9.47 Å². The van der Waals surface area contributed by atoms with Crippen LogP contribution < -0.4 is 0 Å². The number of pyridine rings is 1. The number of rotatable bonds is 4. The number of fused-ring (bicyclic) bond motifs is 2. The van der Waals surface area contributed by atoms with Gasteiger partial charge in [0.1, 0.15) is 11.4 Å². The third-order valence-corrected chi connectivity index (χ3v) is 4.93. The van der Waals surface area contributed by atoms with Crippen LogP contribution in [0, 0.1) is 5.92 Å². The number of hydrogen-bond acceptors (Lipinski definition) is 5. The van der Waals surface area contributed by atoms with Crippen molar-refractivity contribution in [2.75, 3.05) is 13.2 Å². The number of morpholine rings is 1. The van der Waals surface area contributed by atoms with E-state index in [2.05, 4.69) is 4.98 Å². The number of amides is 1. The second-order valence-corrected chi connectivity index (χ2v) is 8.19. The molecule has 2 fully saturated rings. The lowest BCUT2D eigenvalue weighted by Gasteiger charge is -2.47. The van der Waals surface area contributed by atoms with Gasteiger partial charge in [0.15, 0.2) is 0 Å². The molecule has 0 N–H and O–H groups in total. The van der Waals surface area contributed by atoms with Crippen molar-refractivity contribution in [2.24, 2.45) is 5.92 Å². The monoisotopic (exact) mass is 360 g/mol. The predicted molar refractivity (Wildman–Crippen MR) is 96.8 cm³/mol. The van der Waals surface area contributed by atoms with Crippen molar-refractivity contribution in [3.63, 3.8) is 0 Å². The summed E-state index contributed by atoms with van der Waals surface area (Å²) in [6.45, 7) is 6.54. The highest BCUT2D eigenvalue weighted by atomic mass is 16.6. The van der Waals surface area contributed by atoms with Crippen LogP contribution in [0.1, 0.15) is 45.7 Å². The molecule has 0 saturated carbocycles. The molecule has 26 heavy (non-hydrogen) atoms. The second kappa shape index (κ2) is 7.74.